The van der Waals surface area contributed by atoms with Crippen LogP contribution in [0.15, 0.2) is 24.3 Å². The topological polar surface area (TPSA) is 35.6 Å². The van der Waals surface area contributed by atoms with Crippen molar-refractivity contribution in [3.63, 3.8) is 0 Å². The minimum Gasteiger partial charge on any atom is -0.385 e. The Morgan fingerprint density at radius 1 is 1.14 bits per heavy atom. The summed E-state index contributed by atoms with van der Waals surface area (Å²) in [5.74, 6) is 0.153. The smallest absolute Gasteiger partial charge is 0.253 e. The number of carbonyl (C=O) groups is 1. The standard InChI is InChI=1S/C17H27N3O/c1-4-9-18-16-7-5-15(6-8-16)17(21)20-12-10-19(11-13-20)14(2)3/h5-8,14,18H,4,9-13H2,1-3H3. The van der Waals surface area contributed by atoms with Gasteiger partial charge in [-0.15, -0.1) is 0 Å². The summed E-state index contributed by atoms with van der Waals surface area (Å²) >= 11 is 0. The van der Waals surface area contributed by atoms with E-state index < -0.39 is 0 Å². The van der Waals surface area contributed by atoms with E-state index in [0.717, 1.165) is 50.4 Å². The molecule has 1 N–H and O–H groups in total. The highest BCUT2D eigenvalue weighted by molar-refractivity contribution is 5.94. The van der Waals surface area contributed by atoms with Crippen molar-refractivity contribution in [2.45, 2.75) is 33.2 Å². The van der Waals surface area contributed by atoms with E-state index in [1.165, 1.54) is 0 Å². The van der Waals surface area contributed by atoms with E-state index in [-0.39, 0.29) is 5.91 Å². The molecule has 1 aliphatic heterocycles. The second-order valence-electron chi connectivity index (χ2n) is 5.93. The molecule has 1 fully saturated rings. The van der Waals surface area contributed by atoms with Crippen LogP contribution in [0.25, 0.3) is 0 Å². The number of nitrogens with zero attached hydrogens (tertiary/aromatic N) is 2. The summed E-state index contributed by atoms with van der Waals surface area (Å²) in [4.78, 5) is 16.9. The maximum Gasteiger partial charge on any atom is 0.253 e. The highest BCUT2D eigenvalue weighted by Gasteiger charge is 2.23. The lowest BCUT2D eigenvalue weighted by atomic mass is 10.1. The van der Waals surface area contributed by atoms with Crippen molar-refractivity contribution in [1.82, 2.24) is 9.80 Å². The van der Waals surface area contributed by atoms with Gasteiger partial charge in [-0.3, -0.25) is 9.69 Å². The highest BCUT2D eigenvalue weighted by atomic mass is 16.2. The van der Waals surface area contributed by atoms with Crippen molar-refractivity contribution in [3.8, 4) is 0 Å². The molecule has 0 atom stereocenters. The van der Waals surface area contributed by atoms with Crippen LogP contribution in [0.3, 0.4) is 0 Å². The molecule has 0 aliphatic carbocycles. The molecule has 1 aromatic rings. The van der Waals surface area contributed by atoms with Gasteiger partial charge in [0.15, 0.2) is 0 Å². The first kappa shape index (κ1) is 15.8. The van der Waals surface area contributed by atoms with Gasteiger partial charge in [0.05, 0.1) is 0 Å². The zero-order valence-corrected chi connectivity index (χ0v) is 13.4. The summed E-state index contributed by atoms with van der Waals surface area (Å²) in [7, 11) is 0. The number of benzene rings is 1. The van der Waals surface area contributed by atoms with Crippen LogP contribution in [-0.4, -0.2) is 54.5 Å². The van der Waals surface area contributed by atoms with Crippen molar-refractivity contribution in [1.29, 1.82) is 0 Å². The summed E-state index contributed by atoms with van der Waals surface area (Å²) in [6, 6.07) is 8.40. The number of amides is 1. The van der Waals surface area contributed by atoms with E-state index in [2.05, 4.69) is 31.0 Å². The van der Waals surface area contributed by atoms with E-state index >= 15 is 0 Å². The summed E-state index contributed by atoms with van der Waals surface area (Å²) in [5.41, 5.74) is 1.87. The van der Waals surface area contributed by atoms with Crippen LogP contribution >= 0.6 is 0 Å². The Bertz CT molecular complexity index is 448. The van der Waals surface area contributed by atoms with Gasteiger partial charge in [-0.25, -0.2) is 0 Å². The first-order chi connectivity index (χ1) is 10.1. The molecule has 0 aromatic heterocycles. The van der Waals surface area contributed by atoms with Crippen LogP contribution in [0.5, 0.6) is 0 Å². The minimum atomic E-state index is 0.153. The number of nitrogens with one attached hydrogen (secondary N) is 1. The molecule has 116 valence electrons. The van der Waals surface area contributed by atoms with Gasteiger partial charge in [0.25, 0.3) is 5.91 Å². The van der Waals surface area contributed by atoms with E-state index in [1.807, 2.05) is 29.2 Å². The SMILES string of the molecule is CCCNc1ccc(C(=O)N2CCN(C(C)C)CC2)cc1. The molecule has 1 amide bonds. The predicted octanol–water partition coefficient (Wildman–Crippen LogP) is 2.67. The molecule has 4 nitrogen and oxygen atoms in total. The Hall–Kier alpha value is -1.55. The fourth-order valence-electron chi connectivity index (χ4n) is 2.62. The van der Waals surface area contributed by atoms with Crippen molar-refractivity contribution in [2.75, 3.05) is 38.0 Å². The summed E-state index contributed by atoms with van der Waals surface area (Å²) in [6.07, 6.45) is 1.10. The van der Waals surface area contributed by atoms with Crippen LogP contribution in [-0.2, 0) is 0 Å². The molecule has 21 heavy (non-hydrogen) atoms. The average molecular weight is 289 g/mol. The van der Waals surface area contributed by atoms with Gasteiger partial charge in [-0.05, 0) is 44.5 Å². The predicted molar refractivity (Wildman–Crippen MR) is 87.8 cm³/mol. The molecule has 0 spiro atoms. The first-order valence-electron chi connectivity index (χ1n) is 7.99. The van der Waals surface area contributed by atoms with Crippen LogP contribution in [0.2, 0.25) is 0 Å². The van der Waals surface area contributed by atoms with E-state index in [0.29, 0.717) is 6.04 Å². The lowest BCUT2D eigenvalue weighted by Gasteiger charge is -2.37. The molecule has 1 saturated heterocycles. The molecule has 0 saturated carbocycles. The van der Waals surface area contributed by atoms with Crippen molar-refractivity contribution >= 4 is 11.6 Å². The Kier molecular flexibility index (Phi) is 5.62. The number of hydrogen-bond acceptors (Lipinski definition) is 3. The van der Waals surface area contributed by atoms with Crippen LogP contribution in [0.4, 0.5) is 5.69 Å². The zero-order valence-electron chi connectivity index (χ0n) is 13.4. The van der Waals surface area contributed by atoms with Gasteiger partial charge in [0, 0.05) is 50.0 Å². The highest BCUT2D eigenvalue weighted by Crippen LogP contribution is 2.14. The fraction of sp³-hybridized carbons (Fsp3) is 0.588. The first-order valence-corrected chi connectivity index (χ1v) is 7.99. The molecular weight excluding hydrogens is 262 g/mol. The van der Waals surface area contributed by atoms with Crippen LogP contribution in [0.1, 0.15) is 37.6 Å². The molecule has 1 aromatic carbocycles. The lowest BCUT2D eigenvalue weighted by Crippen LogP contribution is -2.50. The number of hydrogen-bond donors (Lipinski definition) is 1. The molecule has 4 heteroatoms. The molecular formula is C17H27N3O. The maximum absolute atomic E-state index is 12.5. The quantitative estimate of drug-likeness (QED) is 0.905. The number of carbonyl (C=O) groups excluding carboxylic acids is 1. The van der Waals surface area contributed by atoms with Crippen molar-refractivity contribution in [2.24, 2.45) is 0 Å². The third kappa shape index (κ3) is 4.21. The Morgan fingerprint density at radius 2 is 1.76 bits per heavy atom. The van der Waals surface area contributed by atoms with Gasteiger partial charge in [0.2, 0.25) is 0 Å². The van der Waals surface area contributed by atoms with E-state index in [1.54, 1.807) is 0 Å². The largest absolute Gasteiger partial charge is 0.385 e. The normalized spacial score (nSPS) is 16.3. The van der Waals surface area contributed by atoms with Crippen LogP contribution in [0, 0.1) is 0 Å². The van der Waals surface area contributed by atoms with Gasteiger partial charge in [-0.1, -0.05) is 6.92 Å². The molecule has 2 rings (SSSR count). The van der Waals surface area contributed by atoms with Gasteiger partial charge in [-0.2, -0.15) is 0 Å². The average Bonchev–Trinajstić information content (AvgIpc) is 2.53. The third-order valence-electron chi connectivity index (χ3n) is 4.04. The number of rotatable bonds is 5. The van der Waals surface area contributed by atoms with Gasteiger partial charge >= 0.3 is 0 Å². The van der Waals surface area contributed by atoms with Crippen LogP contribution < -0.4 is 5.32 Å². The number of piperazine rings is 1. The van der Waals surface area contributed by atoms with E-state index in [4.69, 9.17) is 0 Å². The number of anilines is 1. The third-order valence-corrected chi connectivity index (χ3v) is 4.04. The summed E-state index contributed by atoms with van der Waals surface area (Å²) < 4.78 is 0. The van der Waals surface area contributed by atoms with Gasteiger partial charge in [0.1, 0.15) is 0 Å². The van der Waals surface area contributed by atoms with Crippen molar-refractivity contribution in [3.05, 3.63) is 29.8 Å². The summed E-state index contributed by atoms with van der Waals surface area (Å²) in [5, 5.41) is 3.33. The van der Waals surface area contributed by atoms with Gasteiger partial charge < -0.3 is 10.2 Å². The van der Waals surface area contributed by atoms with E-state index in [9.17, 15) is 4.79 Å². The molecule has 1 aliphatic rings. The zero-order chi connectivity index (χ0) is 15.2. The Balaban J connectivity index is 1.91. The monoisotopic (exact) mass is 289 g/mol. The maximum atomic E-state index is 12.5. The minimum absolute atomic E-state index is 0.153. The molecule has 0 unspecified atom stereocenters. The summed E-state index contributed by atoms with van der Waals surface area (Å²) in [6.45, 7) is 11.1. The second kappa shape index (κ2) is 7.46. The molecule has 1 heterocycles. The van der Waals surface area contributed by atoms with Crippen molar-refractivity contribution < 1.29 is 4.79 Å². The molecule has 0 bridgehead atoms. The Labute approximate surface area is 128 Å². The lowest BCUT2D eigenvalue weighted by molar-refractivity contribution is 0.0595. The second-order valence-corrected chi connectivity index (χ2v) is 5.93. The Morgan fingerprint density at radius 3 is 2.29 bits per heavy atom. The fourth-order valence-corrected chi connectivity index (χ4v) is 2.62. The molecule has 0 radical (unpaired) electrons.